The van der Waals surface area contributed by atoms with Crippen molar-refractivity contribution in [3.8, 4) is 0 Å². The number of hydrogen-bond acceptors (Lipinski definition) is 5. The summed E-state index contributed by atoms with van der Waals surface area (Å²) in [7, 11) is 0. The molecule has 2 N–H and O–H groups in total. The molecule has 5 nitrogen and oxygen atoms in total. The van der Waals surface area contributed by atoms with Crippen LogP contribution in [-0.2, 0) is 9.53 Å². The molecule has 0 spiro atoms. The van der Waals surface area contributed by atoms with E-state index >= 15 is 0 Å². The van der Waals surface area contributed by atoms with Crippen LogP contribution in [-0.4, -0.2) is 59.0 Å². The smallest absolute Gasteiger partial charge is 0.323 e. The molecule has 1 saturated heterocycles. The predicted molar refractivity (Wildman–Crippen MR) is 49.7 cm³/mol. The molecule has 1 aliphatic heterocycles. The Bertz CT molecular complexity index is 199. The van der Waals surface area contributed by atoms with E-state index in [1.165, 1.54) is 0 Å². The lowest BCUT2D eigenvalue weighted by molar-refractivity contribution is -0.148. The average Bonchev–Trinajstić information content (AvgIpc) is 2.46. The van der Waals surface area contributed by atoms with E-state index in [1.807, 2.05) is 0 Å². The van der Waals surface area contributed by atoms with Crippen molar-refractivity contribution < 1.29 is 19.7 Å². The Morgan fingerprint density at radius 3 is 2.43 bits per heavy atom. The molecule has 82 valence electrons. The SMILES string of the molecule is CCOC(=O)C(C)N1CC(O)C(O)C1. The lowest BCUT2D eigenvalue weighted by atomic mass is 10.3. The topological polar surface area (TPSA) is 70.0 Å². The number of nitrogens with zero attached hydrogens (tertiary/aromatic N) is 1. The van der Waals surface area contributed by atoms with E-state index in [-0.39, 0.29) is 5.97 Å². The lowest BCUT2D eigenvalue weighted by Crippen LogP contribution is -2.39. The van der Waals surface area contributed by atoms with E-state index in [0.29, 0.717) is 19.7 Å². The van der Waals surface area contributed by atoms with Gasteiger partial charge in [0.15, 0.2) is 0 Å². The number of hydrogen-bond donors (Lipinski definition) is 2. The third-order valence-corrected chi connectivity index (χ3v) is 2.46. The molecular weight excluding hydrogens is 186 g/mol. The number of carbonyl (C=O) groups excluding carboxylic acids is 1. The molecule has 1 rings (SSSR count). The third-order valence-electron chi connectivity index (χ3n) is 2.46. The first kappa shape index (κ1) is 11.4. The van der Waals surface area contributed by atoms with Gasteiger partial charge in [0.25, 0.3) is 0 Å². The maximum absolute atomic E-state index is 11.3. The minimum atomic E-state index is -0.758. The van der Waals surface area contributed by atoms with E-state index in [4.69, 9.17) is 4.74 Å². The van der Waals surface area contributed by atoms with Gasteiger partial charge in [-0.2, -0.15) is 0 Å². The zero-order valence-corrected chi connectivity index (χ0v) is 8.51. The summed E-state index contributed by atoms with van der Waals surface area (Å²) in [5.41, 5.74) is 0. The van der Waals surface area contributed by atoms with Crippen LogP contribution in [0.2, 0.25) is 0 Å². The van der Waals surface area contributed by atoms with Crippen molar-refractivity contribution in [1.82, 2.24) is 4.90 Å². The Morgan fingerprint density at radius 1 is 1.50 bits per heavy atom. The van der Waals surface area contributed by atoms with E-state index < -0.39 is 18.2 Å². The largest absolute Gasteiger partial charge is 0.465 e. The highest BCUT2D eigenvalue weighted by atomic mass is 16.5. The molecule has 0 amide bonds. The van der Waals surface area contributed by atoms with Crippen molar-refractivity contribution in [2.45, 2.75) is 32.1 Å². The Kier molecular flexibility index (Phi) is 3.86. The highest BCUT2D eigenvalue weighted by Crippen LogP contribution is 2.13. The van der Waals surface area contributed by atoms with Crippen LogP contribution in [0.1, 0.15) is 13.8 Å². The average molecular weight is 203 g/mol. The molecule has 1 aliphatic rings. The number of β-amino-alcohol motifs (C(OH)–C–C–N with tert-alkyl or cyclic N) is 2. The van der Waals surface area contributed by atoms with E-state index in [9.17, 15) is 15.0 Å². The second kappa shape index (κ2) is 4.72. The van der Waals surface area contributed by atoms with Crippen LogP contribution >= 0.6 is 0 Å². The maximum Gasteiger partial charge on any atom is 0.323 e. The summed E-state index contributed by atoms with van der Waals surface area (Å²) in [6, 6.07) is -0.401. The summed E-state index contributed by atoms with van der Waals surface area (Å²) in [4.78, 5) is 13.0. The van der Waals surface area contributed by atoms with E-state index in [1.54, 1.807) is 18.7 Å². The molecule has 0 bridgehead atoms. The fraction of sp³-hybridized carbons (Fsp3) is 0.889. The van der Waals surface area contributed by atoms with Crippen LogP contribution in [0.3, 0.4) is 0 Å². The third kappa shape index (κ3) is 2.43. The summed E-state index contributed by atoms with van der Waals surface area (Å²) < 4.78 is 4.84. The molecule has 0 aromatic rings. The van der Waals surface area contributed by atoms with Gasteiger partial charge in [-0.15, -0.1) is 0 Å². The number of aliphatic hydroxyl groups excluding tert-OH is 2. The minimum Gasteiger partial charge on any atom is -0.465 e. The molecule has 0 radical (unpaired) electrons. The normalized spacial score (nSPS) is 30.3. The number of esters is 1. The summed E-state index contributed by atoms with van der Waals surface area (Å²) in [6.07, 6.45) is -1.52. The first-order valence-electron chi connectivity index (χ1n) is 4.83. The first-order chi connectivity index (χ1) is 6.56. The molecule has 1 heterocycles. The van der Waals surface area contributed by atoms with Gasteiger partial charge in [-0.3, -0.25) is 9.69 Å². The van der Waals surface area contributed by atoms with Gasteiger partial charge in [0, 0.05) is 13.1 Å². The van der Waals surface area contributed by atoms with Gasteiger partial charge < -0.3 is 14.9 Å². The summed E-state index contributed by atoms with van der Waals surface area (Å²) in [6.45, 7) is 4.45. The summed E-state index contributed by atoms with van der Waals surface area (Å²) >= 11 is 0. The summed E-state index contributed by atoms with van der Waals surface area (Å²) in [5.74, 6) is -0.311. The number of rotatable bonds is 3. The quantitative estimate of drug-likeness (QED) is 0.574. The number of likely N-dealkylation sites (tertiary alicyclic amines) is 1. The highest BCUT2D eigenvalue weighted by Gasteiger charge is 2.35. The molecule has 3 atom stereocenters. The van der Waals surface area contributed by atoms with Gasteiger partial charge in [0.05, 0.1) is 18.8 Å². The number of aliphatic hydroxyl groups is 2. The number of ether oxygens (including phenoxy) is 1. The molecule has 0 aromatic carbocycles. The van der Waals surface area contributed by atoms with Crippen molar-refractivity contribution in [3.05, 3.63) is 0 Å². The second-order valence-electron chi connectivity index (χ2n) is 3.52. The lowest BCUT2D eigenvalue weighted by Gasteiger charge is -2.21. The Labute approximate surface area is 83.3 Å². The highest BCUT2D eigenvalue weighted by molar-refractivity contribution is 5.75. The molecule has 5 heteroatoms. The molecule has 0 saturated carbocycles. The molecule has 14 heavy (non-hydrogen) atoms. The Morgan fingerprint density at radius 2 is 2.00 bits per heavy atom. The first-order valence-corrected chi connectivity index (χ1v) is 4.83. The zero-order chi connectivity index (χ0) is 10.7. The predicted octanol–water partition coefficient (Wildman–Crippen LogP) is -1.02. The Balaban J connectivity index is 2.46. The van der Waals surface area contributed by atoms with Crippen LogP contribution in [0.25, 0.3) is 0 Å². The molecule has 0 aliphatic carbocycles. The van der Waals surface area contributed by atoms with Crippen LogP contribution < -0.4 is 0 Å². The van der Waals surface area contributed by atoms with Crippen LogP contribution in [0.5, 0.6) is 0 Å². The van der Waals surface area contributed by atoms with Gasteiger partial charge in [-0.1, -0.05) is 0 Å². The van der Waals surface area contributed by atoms with Crippen LogP contribution in [0, 0.1) is 0 Å². The van der Waals surface area contributed by atoms with Crippen molar-refractivity contribution in [2.24, 2.45) is 0 Å². The molecule has 1 fully saturated rings. The van der Waals surface area contributed by atoms with Gasteiger partial charge >= 0.3 is 5.97 Å². The summed E-state index contributed by atoms with van der Waals surface area (Å²) in [5, 5.41) is 18.6. The molecule has 3 unspecified atom stereocenters. The van der Waals surface area contributed by atoms with E-state index in [2.05, 4.69) is 0 Å². The van der Waals surface area contributed by atoms with Gasteiger partial charge in [0.1, 0.15) is 6.04 Å². The van der Waals surface area contributed by atoms with Crippen LogP contribution in [0.15, 0.2) is 0 Å². The van der Waals surface area contributed by atoms with Crippen molar-refractivity contribution in [1.29, 1.82) is 0 Å². The fourth-order valence-electron chi connectivity index (χ4n) is 1.53. The molecule has 0 aromatic heterocycles. The van der Waals surface area contributed by atoms with Crippen molar-refractivity contribution in [2.75, 3.05) is 19.7 Å². The molecular formula is C9H17NO4. The standard InChI is InChI=1S/C9H17NO4/c1-3-14-9(13)6(2)10-4-7(11)8(12)5-10/h6-8,11-12H,3-5H2,1-2H3. The van der Waals surface area contributed by atoms with E-state index in [0.717, 1.165) is 0 Å². The van der Waals surface area contributed by atoms with Gasteiger partial charge in [0.2, 0.25) is 0 Å². The number of carbonyl (C=O) groups is 1. The zero-order valence-electron chi connectivity index (χ0n) is 8.51. The monoisotopic (exact) mass is 203 g/mol. The second-order valence-corrected chi connectivity index (χ2v) is 3.52. The van der Waals surface area contributed by atoms with Crippen LogP contribution in [0.4, 0.5) is 0 Å². The Hall–Kier alpha value is -0.650. The van der Waals surface area contributed by atoms with Gasteiger partial charge in [-0.05, 0) is 13.8 Å². The fourth-order valence-corrected chi connectivity index (χ4v) is 1.53. The minimum absolute atomic E-state index is 0.311. The van der Waals surface area contributed by atoms with Crippen molar-refractivity contribution in [3.63, 3.8) is 0 Å². The van der Waals surface area contributed by atoms with Crippen molar-refractivity contribution >= 4 is 5.97 Å². The van der Waals surface area contributed by atoms with Gasteiger partial charge in [-0.25, -0.2) is 0 Å². The maximum atomic E-state index is 11.3.